The first-order valence-electron chi connectivity index (χ1n) is 5.59. The molecule has 1 rings (SSSR count). The van der Waals surface area contributed by atoms with Gasteiger partial charge >= 0.3 is 0 Å². The number of aryl methyl sites for hydroxylation is 2. The third-order valence-corrected chi connectivity index (χ3v) is 2.96. The summed E-state index contributed by atoms with van der Waals surface area (Å²) in [7, 11) is 0. The minimum absolute atomic E-state index is 0.369. The van der Waals surface area contributed by atoms with Crippen molar-refractivity contribution in [3.05, 3.63) is 28.8 Å². The highest BCUT2D eigenvalue weighted by Gasteiger charge is 2.08. The van der Waals surface area contributed by atoms with E-state index < -0.39 is 0 Å². The minimum Gasteiger partial charge on any atom is -0.508 e. The molecule has 15 heavy (non-hydrogen) atoms. The van der Waals surface area contributed by atoms with Crippen LogP contribution in [-0.2, 0) is 6.54 Å². The average Bonchev–Trinajstić information content (AvgIpc) is 2.17. The Labute approximate surface area is 92.5 Å². The van der Waals surface area contributed by atoms with Gasteiger partial charge in [0, 0.05) is 6.54 Å². The Bertz CT molecular complexity index is 306. The SMILES string of the molecule is CCN(CC)Cc1c(C)cc(O)cc1C. The lowest BCUT2D eigenvalue weighted by Crippen LogP contribution is -2.23. The first-order chi connectivity index (χ1) is 7.08. The summed E-state index contributed by atoms with van der Waals surface area (Å²) in [4.78, 5) is 2.38. The molecular formula is C13H21NO. The van der Waals surface area contributed by atoms with Crippen LogP contribution in [-0.4, -0.2) is 23.1 Å². The molecule has 0 aliphatic carbocycles. The highest BCUT2D eigenvalue weighted by Crippen LogP contribution is 2.21. The molecule has 0 unspecified atom stereocenters. The van der Waals surface area contributed by atoms with Crippen LogP contribution in [0.2, 0.25) is 0 Å². The van der Waals surface area contributed by atoms with E-state index in [1.807, 2.05) is 12.1 Å². The van der Waals surface area contributed by atoms with Crippen molar-refractivity contribution < 1.29 is 5.11 Å². The zero-order chi connectivity index (χ0) is 11.4. The van der Waals surface area contributed by atoms with Crippen molar-refractivity contribution in [1.82, 2.24) is 4.90 Å². The topological polar surface area (TPSA) is 23.5 Å². The lowest BCUT2D eigenvalue weighted by molar-refractivity contribution is 0.294. The Kier molecular flexibility index (Phi) is 4.15. The zero-order valence-corrected chi connectivity index (χ0v) is 10.2. The Hall–Kier alpha value is -1.02. The largest absolute Gasteiger partial charge is 0.508 e. The normalized spacial score (nSPS) is 11.0. The third-order valence-electron chi connectivity index (χ3n) is 2.96. The number of phenolic OH excluding ortho intramolecular Hbond substituents is 1. The first kappa shape index (κ1) is 12.1. The number of hydrogen-bond donors (Lipinski definition) is 1. The predicted octanol–water partition coefficient (Wildman–Crippen LogP) is 2.85. The van der Waals surface area contributed by atoms with Gasteiger partial charge in [0.15, 0.2) is 0 Å². The van der Waals surface area contributed by atoms with Crippen molar-refractivity contribution in [3.63, 3.8) is 0 Å². The number of rotatable bonds is 4. The van der Waals surface area contributed by atoms with Crippen LogP contribution in [0.4, 0.5) is 0 Å². The fraction of sp³-hybridized carbons (Fsp3) is 0.538. The van der Waals surface area contributed by atoms with Crippen molar-refractivity contribution in [2.24, 2.45) is 0 Å². The Balaban J connectivity index is 2.94. The molecule has 84 valence electrons. The summed E-state index contributed by atoms with van der Waals surface area (Å²) >= 11 is 0. The van der Waals surface area contributed by atoms with Crippen LogP contribution in [0.1, 0.15) is 30.5 Å². The monoisotopic (exact) mass is 207 g/mol. The summed E-state index contributed by atoms with van der Waals surface area (Å²) in [5.41, 5.74) is 3.70. The van der Waals surface area contributed by atoms with Gasteiger partial charge in [-0.25, -0.2) is 0 Å². The molecule has 0 aromatic heterocycles. The zero-order valence-electron chi connectivity index (χ0n) is 10.2. The van der Waals surface area contributed by atoms with Gasteiger partial charge in [-0.05, 0) is 55.8 Å². The maximum Gasteiger partial charge on any atom is 0.116 e. The first-order valence-corrected chi connectivity index (χ1v) is 5.59. The Morgan fingerprint density at radius 3 is 1.93 bits per heavy atom. The molecule has 0 aliphatic rings. The molecule has 0 bridgehead atoms. The van der Waals surface area contributed by atoms with E-state index in [2.05, 4.69) is 32.6 Å². The van der Waals surface area contributed by atoms with Crippen molar-refractivity contribution in [3.8, 4) is 5.75 Å². The smallest absolute Gasteiger partial charge is 0.116 e. The maximum atomic E-state index is 9.45. The summed E-state index contributed by atoms with van der Waals surface area (Å²) < 4.78 is 0. The molecule has 0 atom stereocenters. The second-order valence-electron chi connectivity index (χ2n) is 4.02. The Morgan fingerprint density at radius 1 is 1.07 bits per heavy atom. The van der Waals surface area contributed by atoms with E-state index in [9.17, 15) is 5.11 Å². The van der Waals surface area contributed by atoms with Gasteiger partial charge in [-0.1, -0.05) is 13.8 Å². The van der Waals surface area contributed by atoms with Gasteiger partial charge in [0.1, 0.15) is 5.75 Å². The summed E-state index contributed by atoms with van der Waals surface area (Å²) in [5.74, 6) is 0.369. The molecule has 2 nitrogen and oxygen atoms in total. The number of nitrogens with zero attached hydrogens (tertiary/aromatic N) is 1. The molecule has 0 amide bonds. The molecular weight excluding hydrogens is 186 g/mol. The van der Waals surface area contributed by atoms with Crippen LogP contribution in [0.5, 0.6) is 5.75 Å². The number of benzene rings is 1. The van der Waals surface area contributed by atoms with Gasteiger partial charge in [0.2, 0.25) is 0 Å². The van der Waals surface area contributed by atoms with Crippen molar-refractivity contribution in [2.75, 3.05) is 13.1 Å². The average molecular weight is 207 g/mol. The molecule has 1 aromatic rings. The highest BCUT2D eigenvalue weighted by atomic mass is 16.3. The summed E-state index contributed by atoms with van der Waals surface area (Å²) in [5, 5.41) is 9.45. The Morgan fingerprint density at radius 2 is 1.53 bits per heavy atom. The van der Waals surface area contributed by atoms with Crippen LogP contribution in [0.25, 0.3) is 0 Å². The molecule has 0 radical (unpaired) electrons. The van der Waals surface area contributed by atoms with Gasteiger partial charge < -0.3 is 5.11 Å². The van der Waals surface area contributed by atoms with E-state index in [1.165, 1.54) is 16.7 Å². The van der Waals surface area contributed by atoms with Crippen LogP contribution < -0.4 is 0 Å². The second kappa shape index (κ2) is 5.17. The molecule has 0 heterocycles. The lowest BCUT2D eigenvalue weighted by Gasteiger charge is -2.21. The van der Waals surface area contributed by atoms with Gasteiger partial charge in [-0.15, -0.1) is 0 Å². The number of aromatic hydroxyl groups is 1. The molecule has 0 spiro atoms. The van der Waals surface area contributed by atoms with Gasteiger partial charge in [0.05, 0.1) is 0 Å². The molecule has 0 aliphatic heterocycles. The van der Waals surface area contributed by atoms with E-state index >= 15 is 0 Å². The van der Waals surface area contributed by atoms with Gasteiger partial charge in [0.25, 0.3) is 0 Å². The predicted molar refractivity (Wildman–Crippen MR) is 64.2 cm³/mol. The second-order valence-corrected chi connectivity index (χ2v) is 4.02. The van der Waals surface area contributed by atoms with Crippen molar-refractivity contribution in [2.45, 2.75) is 34.2 Å². The molecule has 0 saturated carbocycles. The molecule has 0 fully saturated rings. The van der Waals surface area contributed by atoms with Crippen LogP contribution in [0.3, 0.4) is 0 Å². The van der Waals surface area contributed by atoms with E-state index in [0.717, 1.165) is 19.6 Å². The van der Waals surface area contributed by atoms with E-state index in [0.29, 0.717) is 5.75 Å². The number of hydrogen-bond acceptors (Lipinski definition) is 2. The third kappa shape index (κ3) is 2.96. The van der Waals surface area contributed by atoms with Crippen molar-refractivity contribution in [1.29, 1.82) is 0 Å². The molecule has 2 heteroatoms. The molecule has 1 aromatic carbocycles. The van der Waals surface area contributed by atoms with Gasteiger partial charge in [-0.3, -0.25) is 4.90 Å². The number of phenols is 1. The summed E-state index contributed by atoms with van der Waals surface area (Å²) in [6.07, 6.45) is 0. The standard InChI is InChI=1S/C13H21NO/c1-5-14(6-2)9-13-10(3)7-12(15)8-11(13)4/h7-8,15H,5-6,9H2,1-4H3. The minimum atomic E-state index is 0.369. The van der Waals surface area contributed by atoms with Crippen molar-refractivity contribution >= 4 is 0 Å². The van der Waals surface area contributed by atoms with Crippen LogP contribution >= 0.6 is 0 Å². The quantitative estimate of drug-likeness (QED) is 0.820. The lowest BCUT2D eigenvalue weighted by atomic mass is 10.0. The van der Waals surface area contributed by atoms with Crippen LogP contribution in [0.15, 0.2) is 12.1 Å². The molecule has 1 N–H and O–H groups in total. The van der Waals surface area contributed by atoms with E-state index in [4.69, 9.17) is 0 Å². The summed E-state index contributed by atoms with van der Waals surface area (Å²) in [6, 6.07) is 3.68. The molecule has 0 saturated heterocycles. The maximum absolute atomic E-state index is 9.45. The van der Waals surface area contributed by atoms with Gasteiger partial charge in [-0.2, -0.15) is 0 Å². The van der Waals surface area contributed by atoms with Crippen LogP contribution in [0, 0.1) is 13.8 Å². The highest BCUT2D eigenvalue weighted by molar-refractivity contribution is 5.40. The summed E-state index contributed by atoms with van der Waals surface area (Å²) in [6.45, 7) is 11.6. The fourth-order valence-electron chi connectivity index (χ4n) is 1.89. The van der Waals surface area contributed by atoms with E-state index in [1.54, 1.807) is 0 Å². The van der Waals surface area contributed by atoms with E-state index in [-0.39, 0.29) is 0 Å². The fourth-order valence-corrected chi connectivity index (χ4v) is 1.89.